The molecule has 0 bridgehead atoms. The lowest BCUT2D eigenvalue weighted by molar-refractivity contribution is 0.435. The second kappa shape index (κ2) is 5.55. The van der Waals surface area contributed by atoms with Crippen molar-refractivity contribution in [3.63, 3.8) is 0 Å². The summed E-state index contributed by atoms with van der Waals surface area (Å²) in [6.07, 6.45) is 4.43. The van der Waals surface area contributed by atoms with E-state index in [1.807, 2.05) is 6.20 Å². The van der Waals surface area contributed by atoms with Crippen molar-refractivity contribution in [2.24, 2.45) is 11.8 Å². The van der Waals surface area contributed by atoms with E-state index >= 15 is 0 Å². The van der Waals surface area contributed by atoms with Gasteiger partial charge in [-0.1, -0.05) is 13.8 Å². The van der Waals surface area contributed by atoms with Crippen LogP contribution in [0.1, 0.15) is 39.2 Å². The van der Waals surface area contributed by atoms with Gasteiger partial charge in [0.05, 0.1) is 0 Å². The van der Waals surface area contributed by atoms with Crippen LogP contribution in [-0.4, -0.2) is 22.6 Å². The van der Waals surface area contributed by atoms with Crippen molar-refractivity contribution in [2.75, 3.05) is 17.2 Å². The van der Waals surface area contributed by atoms with Crippen LogP contribution in [0.25, 0.3) is 0 Å². The molecule has 0 aromatic carbocycles. The second-order valence-corrected chi connectivity index (χ2v) is 5.42. The molecule has 0 aliphatic heterocycles. The van der Waals surface area contributed by atoms with E-state index < -0.39 is 0 Å². The third-order valence-corrected chi connectivity index (χ3v) is 4.09. The van der Waals surface area contributed by atoms with E-state index in [4.69, 9.17) is 0 Å². The van der Waals surface area contributed by atoms with Gasteiger partial charge in [0.2, 0.25) is 5.95 Å². The lowest BCUT2D eigenvalue weighted by Gasteiger charge is -2.21. The van der Waals surface area contributed by atoms with E-state index in [1.165, 1.54) is 12.8 Å². The third-order valence-electron chi connectivity index (χ3n) is 4.09. The average Bonchev–Trinajstić information content (AvgIpc) is 2.66. The predicted octanol–water partition coefficient (Wildman–Crippen LogP) is 3.06. The fourth-order valence-electron chi connectivity index (χ4n) is 2.58. The number of nitrogens with one attached hydrogen (secondary N) is 2. The van der Waals surface area contributed by atoms with Crippen molar-refractivity contribution in [1.29, 1.82) is 0 Å². The lowest BCUT2D eigenvalue weighted by Crippen LogP contribution is -2.25. The molecule has 4 nitrogen and oxygen atoms in total. The van der Waals surface area contributed by atoms with Gasteiger partial charge in [0.25, 0.3) is 0 Å². The summed E-state index contributed by atoms with van der Waals surface area (Å²) in [5.41, 5.74) is 1.11. The molecule has 1 saturated carbocycles. The van der Waals surface area contributed by atoms with Gasteiger partial charge in [-0.15, -0.1) is 0 Å². The number of hydrogen-bond donors (Lipinski definition) is 2. The topological polar surface area (TPSA) is 49.8 Å². The highest BCUT2D eigenvalue weighted by molar-refractivity contribution is 5.47. The van der Waals surface area contributed by atoms with Gasteiger partial charge >= 0.3 is 0 Å². The Labute approximate surface area is 110 Å². The first-order valence-corrected chi connectivity index (χ1v) is 6.95. The molecule has 1 aromatic rings. The fraction of sp³-hybridized carbons (Fsp3) is 0.714. The molecule has 4 heteroatoms. The molecule has 0 radical (unpaired) electrons. The molecule has 0 spiro atoms. The molecule has 1 fully saturated rings. The standard InChI is InChI=1S/C14H24N4/c1-5-15-14-16-8-10(3)13(18-14)17-12-7-6-9(2)11(12)4/h8-9,11-12H,5-7H2,1-4H3,(H2,15,16,17,18). The monoisotopic (exact) mass is 248 g/mol. The van der Waals surface area contributed by atoms with Crippen molar-refractivity contribution < 1.29 is 0 Å². The molecule has 2 N–H and O–H groups in total. The Balaban J connectivity index is 2.10. The summed E-state index contributed by atoms with van der Waals surface area (Å²) < 4.78 is 0. The van der Waals surface area contributed by atoms with Crippen LogP contribution in [0, 0.1) is 18.8 Å². The molecule has 1 aliphatic carbocycles. The van der Waals surface area contributed by atoms with Crippen LogP contribution in [0.2, 0.25) is 0 Å². The molecule has 1 heterocycles. The largest absolute Gasteiger partial charge is 0.367 e. The molecule has 1 aliphatic rings. The summed E-state index contributed by atoms with van der Waals surface area (Å²) in [5, 5.41) is 6.75. The summed E-state index contributed by atoms with van der Waals surface area (Å²) in [6, 6.07) is 0.545. The van der Waals surface area contributed by atoms with E-state index in [0.717, 1.165) is 23.8 Å². The molecule has 1 aromatic heterocycles. The summed E-state index contributed by atoms with van der Waals surface area (Å²) in [4.78, 5) is 8.83. The number of aryl methyl sites for hydroxylation is 1. The Hall–Kier alpha value is -1.32. The van der Waals surface area contributed by atoms with Crippen LogP contribution in [0.3, 0.4) is 0 Å². The maximum absolute atomic E-state index is 4.55. The van der Waals surface area contributed by atoms with E-state index in [9.17, 15) is 0 Å². The van der Waals surface area contributed by atoms with E-state index in [-0.39, 0.29) is 0 Å². The molecule has 18 heavy (non-hydrogen) atoms. The lowest BCUT2D eigenvalue weighted by atomic mass is 9.98. The van der Waals surface area contributed by atoms with E-state index in [0.29, 0.717) is 17.9 Å². The van der Waals surface area contributed by atoms with Crippen molar-refractivity contribution in [1.82, 2.24) is 9.97 Å². The van der Waals surface area contributed by atoms with Crippen molar-refractivity contribution >= 4 is 11.8 Å². The third kappa shape index (κ3) is 2.74. The van der Waals surface area contributed by atoms with E-state index in [1.54, 1.807) is 0 Å². The number of rotatable bonds is 4. The molecule has 3 unspecified atom stereocenters. The minimum Gasteiger partial charge on any atom is -0.367 e. The Morgan fingerprint density at radius 2 is 2.11 bits per heavy atom. The number of hydrogen-bond acceptors (Lipinski definition) is 4. The van der Waals surface area contributed by atoms with Gasteiger partial charge < -0.3 is 10.6 Å². The number of aromatic nitrogens is 2. The highest BCUT2D eigenvalue weighted by atomic mass is 15.1. The number of anilines is 2. The normalized spacial score (nSPS) is 27.2. The van der Waals surface area contributed by atoms with E-state index in [2.05, 4.69) is 48.3 Å². The zero-order valence-electron chi connectivity index (χ0n) is 11.8. The van der Waals surface area contributed by atoms with Gasteiger partial charge in [-0.2, -0.15) is 4.98 Å². The Morgan fingerprint density at radius 1 is 1.33 bits per heavy atom. The summed E-state index contributed by atoms with van der Waals surface area (Å²) in [7, 11) is 0. The van der Waals surface area contributed by atoms with Crippen molar-refractivity contribution in [3.8, 4) is 0 Å². The molecule has 0 saturated heterocycles. The Kier molecular flexibility index (Phi) is 4.04. The average molecular weight is 248 g/mol. The first kappa shape index (κ1) is 13.1. The highest BCUT2D eigenvalue weighted by Crippen LogP contribution is 2.33. The minimum absolute atomic E-state index is 0.545. The molecule has 0 amide bonds. The smallest absolute Gasteiger partial charge is 0.224 e. The zero-order chi connectivity index (χ0) is 13.1. The van der Waals surface area contributed by atoms with Gasteiger partial charge in [-0.25, -0.2) is 4.98 Å². The summed E-state index contributed by atoms with van der Waals surface area (Å²) in [5.74, 6) is 3.20. The van der Waals surface area contributed by atoms with Gasteiger partial charge in [-0.3, -0.25) is 0 Å². The second-order valence-electron chi connectivity index (χ2n) is 5.42. The molecule has 3 atom stereocenters. The van der Waals surface area contributed by atoms with Crippen LogP contribution in [0.4, 0.5) is 11.8 Å². The SMILES string of the molecule is CCNc1ncc(C)c(NC2CCC(C)C2C)n1. The van der Waals surface area contributed by atoms with Crippen LogP contribution in [0.15, 0.2) is 6.20 Å². The summed E-state index contributed by atoms with van der Waals surface area (Å²) in [6.45, 7) is 9.62. The maximum atomic E-state index is 4.55. The summed E-state index contributed by atoms with van der Waals surface area (Å²) >= 11 is 0. The first-order valence-electron chi connectivity index (χ1n) is 6.95. The Morgan fingerprint density at radius 3 is 2.72 bits per heavy atom. The minimum atomic E-state index is 0.545. The molecule has 100 valence electrons. The van der Waals surface area contributed by atoms with Crippen LogP contribution in [0.5, 0.6) is 0 Å². The van der Waals surface area contributed by atoms with Crippen LogP contribution >= 0.6 is 0 Å². The molecular formula is C14H24N4. The van der Waals surface area contributed by atoms with Gasteiger partial charge in [-0.05, 0) is 38.5 Å². The van der Waals surface area contributed by atoms with Crippen molar-refractivity contribution in [3.05, 3.63) is 11.8 Å². The van der Waals surface area contributed by atoms with Gasteiger partial charge in [0, 0.05) is 24.3 Å². The fourth-order valence-corrected chi connectivity index (χ4v) is 2.58. The molecule has 2 rings (SSSR count). The van der Waals surface area contributed by atoms with Gasteiger partial charge in [0.15, 0.2) is 0 Å². The van der Waals surface area contributed by atoms with Crippen molar-refractivity contribution in [2.45, 2.75) is 46.6 Å². The van der Waals surface area contributed by atoms with Crippen LogP contribution in [-0.2, 0) is 0 Å². The zero-order valence-corrected chi connectivity index (χ0v) is 11.8. The quantitative estimate of drug-likeness (QED) is 0.860. The highest BCUT2D eigenvalue weighted by Gasteiger charge is 2.30. The first-order chi connectivity index (χ1) is 8.61. The maximum Gasteiger partial charge on any atom is 0.224 e. The predicted molar refractivity (Wildman–Crippen MR) is 75.9 cm³/mol. The molecular weight excluding hydrogens is 224 g/mol. The van der Waals surface area contributed by atoms with Crippen LogP contribution < -0.4 is 10.6 Å². The number of nitrogens with zero attached hydrogens (tertiary/aromatic N) is 2. The Bertz CT molecular complexity index is 405. The van der Waals surface area contributed by atoms with Gasteiger partial charge in [0.1, 0.15) is 5.82 Å².